The monoisotopic (exact) mass is 257 g/mol. The second kappa shape index (κ2) is 5.80. The molecule has 5 heteroatoms. The number of carbonyl (C=O) groups is 1. The van der Waals surface area contributed by atoms with E-state index in [1.165, 1.54) is 4.90 Å². The summed E-state index contributed by atoms with van der Waals surface area (Å²) in [6, 6.07) is 1.71. The molecule has 1 N–H and O–H groups in total. The average Bonchev–Trinajstić information content (AvgIpc) is 2.29. The zero-order valence-electron chi connectivity index (χ0n) is 10.7. The zero-order chi connectivity index (χ0) is 13.9. The molecular weight excluding hydrogens is 240 g/mol. The van der Waals surface area contributed by atoms with Crippen LogP contribution in [0.25, 0.3) is 0 Å². The first-order valence-electron chi connectivity index (χ1n) is 5.87. The smallest absolute Gasteiger partial charge is 0.335 e. The van der Waals surface area contributed by atoms with Crippen molar-refractivity contribution >= 4 is 11.7 Å². The molecule has 0 radical (unpaired) electrons. The van der Waals surface area contributed by atoms with E-state index in [1.54, 1.807) is 7.05 Å². The second-order valence-corrected chi connectivity index (χ2v) is 4.17. The molecule has 0 fully saturated rings. The fraction of sp³-hybridized carbons (Fsp3) is 0.462. The van der Waals surface area contributed by atoms with Gasteiger partial charge in [-0.3, -0.25) is 0 Å². The molecule has 0 atom stereocenters. The van der Waals surface area contributed by atoms with Gasteiger partial charge in [-0.05, 0) is 25.0 Å². The van der Waals surface area contributed by atoms with Crippen molar-refractivity contribution in [3.63, 3.8) is 0 Å². The van der Waals surface area contributed by atoms with Gasteiger partial charge in [-0.2, -0.15) is 0 Å². The summed E-state index contributed by atoms with van der Waals surface area (Å²) in [5.74, 6) is -3.03. The molecule has 0 bridgehead atoms. The van der Waals surface area contributed by atoms with Gasteiger partial charge < -0.3 is 10.0 Å². The fourth-order valence-corrected chi connectivity index (χ4v) is 2.04. The molecule has 0 aliphatic carbocycles. The predicted molar refractivity (Wildman–Crippen MR) is 66.1 cm³/mol. The quantitative estimate of drug-likeness (QED) is 0.880. The predicted octanol–water partition coefficient (Wildman–Crippen LogP) is 3.29. The van der Waals surface area contributed by atoms with Crippen LogP contribution in [0, 0.1) is 11.6 Å². The van der Waals surface area contributed by atoms with E-state index < -0.39 is 17.6 Å². The molecule has 1 aromatic rings. The normalized spacial score (nSPS) is 10.8. The molecule has 0 saturated heterocycles. The minimum Gasteiger partial charge on any atom is -0.478 e. The zero-order valence-corrected chi connectivity index (χ0v) is 10.7. The maximum atomic E-state index is 13.8. The summed E-state index contributed by atoms with van der Waals surface area (Å²) < 4.78 is 27.6. The van der Waals surface area contributed by atoms with Gasteiger partial charge in [0.05, 0.1) is 5.56 Å². The third-order valence-corrected chi connectivity index (χ3v) is 3.11. The van der Waals surface area contributed by atoms with Crippen LogP contribution in [-0.4, -0.2) is 24.2 Å². The number of nitrogens with zero attached hydrogens (tertiary/aromatic N) is 1. The topological polar surface area (TPSA) is 40.5 Å². The minimum atomic E-state index is -1.34. The summed E-state index contributed by atoms with van der Waals surface area (Å²) in [6.07, 6.45) is 1.51. The van der Waals surface area contributed by atoms with E-state index in [2.05, 4.69) is 0 Å². The number of aromatic carboxylic acids is 1. The molecule has 0 aliphatic heterocycles. The summed E-state index contributed by atoms with van der Waals surface area (Å²) in [7, 11) is 1.61. The summed E-state index contributed by atoms with van der Waals surface area (Å²) >= 11 is 0. The van der Waals surface area contributed by atoms with Crippen molar-refractivity contribution in [3.05, 3.63) is 29.3 Å². The number of carboxylic acid groups (broad SMARTS) is 1. The molecule has 100 valence electrons. The first-order chi connectivity index (χ1) is 8.42. The van der Waals surface area contributed by atoms with Crippen molar-refractivity contribution in [2.75, 3.05) is 11.9 Å². The lowest BCUT2D eigenvalue weighted by molar-refractivity contribution is 0.0695. The third kappa shape index (κ3) is 2.78. The van der Waals surface area contributed by atoms with E-state index in [0.29, 0.717) is 0 Å². The van der Waals surface area contributed by atoms with Crippen LogP contribution in [0.2, 0.25) is 0 Å². The van der Waals surface area contributed by atoms with Gasteiger partial charge in [0.1, 0.15) is 17.3 Å². The Hall–Kier alpha value is -1.65. The lowest BCUT2D eigenvalue weighted by atomic mass is 10.1. The molecule has 3 nitrogen and oxygen atoms in total. The summed E-state index contributed by atoms with van der Waals surface area (Å²) in [5.41, 5.74) is -0.555. The van der Waals surface area contributed by atoms with Crippen molar-refractivity contribution in [2.24, 2.45) is 0 Å². The average molecular weight is 257 g/mol. The molecule has 1 rings (SSSR count). The van der Waals surface area contributed by atoms with Crippen LogP contribution in [0.4, 0.5) is 14.5 Å². The van der Waals surface area contributed by atoms with Crippen LogP contribution >= 0.6 is 0 Å². The number of carboxylic acids is 1. The molecular formula is C13H17F2NO2. The molecule has 0 unspecified atom stereocenters. The van der Waals surface area contributed by atoms with E-state index >= 15 is 0 Å². The van der Waals surface area contributed by atoms with Crippen LogP contribution < -0.4 is 4.90 Å². The van der Waals surface area contributed by atoms with Gasteiger partial charge >= 0.3 is 5.97 Å². The van der Waals surface area contributed by atoms with Crippen LogP contribution in [-0.2, 0) is 0 Å². The molecule has 0 aliphatic rings. The van der Waals surface area contributed by atoms with Crippen LogP contribution in [0.15, 0.2) is 12.1 Å². The number of benzene rings is 1. The summed E-state index contributed by atoms with van der Waals surface area (Å²) in [5, 5.41) is 8.72. The molecule has 0 spiro atoms. The van der Waals surface area contributed by atoms with Gasteiger partial charge in [-0.25, -0.2) is 13.6 Å². The Morgan fingerprint density at radius 2 is 1.72 bits per heavy atom. The Morgan fingerprint density at radius 1 is 1.28 bits per heavy atom. The summed E-state index contributed by atoms with van der Waals surface area (Å²) in [4.78, 5) is 12.2. The van der Waals surface area contributed by atoms with Crippen molar-refractivity contribution in [3.8, 4) is 0 Å². The van der Waals surface area contributed by atoms with Gasteiger partial charge in [-0.1, -0.05) is 13.8 Å². The maximum Gasteiger partial charge on any atom is 0.335 e. The van der Waals surface area contributed by atoms with Crippen LogP contribution in [0.5, 0.6) is 0 Å². The van der Waals surface area contributed by atoms with Gasteiger partial charge in [-0.15, -0.1) is 0 Å². The highest BCUT2D eigenvalue weighted by atomic mass is 19.1. The van der Waals surface area contributed by atoms with Gasteiger partial charge in [0.2, 0.25) is 0 Å². The third-order valence-electron chi connectivity index (χ3n) is 3.11. The van der Waals surface area contributed by atoms with E-state index in [4.69, 9.17) is 5.11 Å². The highest BCUT2D eigenvalue weighted by Crippen LogP contribution is 2.27. The molecule has 0 saturated carbocycles. The minimum absolute atomic E-state index is 0.0182. The van der Waals surface area contributed by atoms with E-state index in [0.717, 1.165) is 25.0 Å². The molecule has 0 heterocycles. The Bertz CT molecular complexity index is 422. The molecule has 0 amide bonds. The van der Waals surface area contributed by atoms with Crippen molar-refractivity contribution in [2.45, 2.75) is 32.7 Å². The van der Waals surface area contributed by atoms with E-state index in [1.807, 2.05) is 13.8 Å². The number of rotatable bonds is 5. The second-order valence-electron chi connectivity index (χ2n) is 4.17. The lowest BCUT2D eigenvalue weighted by Gasteiger charge is -2.29. The first kappa shape index (κ1) is 14.4. The van der Waals surface area contributed by atoms with Crippen molar-refractivity contribution in [1.82, 2.24) is 0 Å². The standard InChI is InChI=1S/C13H17F2NO2/c1-4-9(5-2)16(3)12-10(14)6-8(13(17)18)7-11(12)15/h6-7,9H,4-5H2,1-3H3,(H,17,18). The van der Waals surface area contributed by atoms with Gasteiger partial charge in [0.25, 0.3) is 0 Å². The number of hydrogen-bond acceptors (Lipinski definition) is 2. The maximum absolute atomic E-state index is 13.8. The highest BCUT2D eigenvalue weighted by Gasteiger charge is 2.21. The SMILES string of the molecule is CCC(CC)N(C)c1c(F)cc(C(=O)O)cc1F. The van der Waals surface area contributed by atoms with Crippen molar-refractivity contribution < 1.29 is 18.7 Å². The Balaban J connectivity index is 3.21. The highest BCUT2D eigenvalue weighted by molar-refractivity contribution is 5.88. The lowest BCUT2D eigenvalue weighted by Crippen LogP contribution is -2.32. The van der Waals surface area contributed by atoms with E-state index in [-0.39, 0.29) is 17.3 Å². The Morgan fingerprint density at radius 3 is 2.06 bits per heavy atom. The van der Waals surface area contributed by atoms with Crippen LogP contribution in [0.3, 0.4) is 0 Å². The van der Waals surface area contributed by atoms with Crippen LogP contribution in [0.1, 0.15) is 37.0 Å². The Labute approximate surface area is 105 Å². The first-order valence-corrected chi connectivity index (χ1v) is 5.87. The number of halogens is 2. The van der Waals surface area contributed by atoms with Crippen molar-refractivity contribution in [1.29, 1.82) is 0 Å². The molecule has 0 aromatic heterocycles. The molecule has 18 heavy (non-hydrogen) atoms. The number of hydrogen-bond donors (Lipinski definition) is 1. The molecule has 1 aromatic carbocycles. The Kier molecular flexibility index (Phi) is 4.64. The summed E-state index contributed by atoms with van der Waals surface area (Å²) in [6.45, 7) is 3.87. The van der Waals surface area contributed by atoms with Gasteiger partial charge in [0, 0.05) is 13.1 Å². The number of anilines is 1. The van der Waals surface area contributed by atoms with Gasteiger partial charge in [0.15, 0.2) is 0 Å². The van der Waals surface area contributed by atoms with E-state index in [9.17, 15) is 13.6 Å². The fourth-order valence-electron chi connectivity index (χ4n) is 2.04. The largest absolute Gasteiger partial charge is 0.478 e.